The zero-order chi connectivity index (χ0) is 11.2. The molecule has 1 aromatic heterocycles. The molecule has 1 saturated carbocycles. The van der Waals surface area contributed by atoms with E-state index < -0.39 is 0 Å². The van der Waals surface area contributed by atoms with Crippen LogP contribution in [-0.2, 0) is 6.54 Å². The fourth-order valence-electron chi connectivity index (χ4n) is 1.30. The van der Waals surface area contributed by atoms with Gasteiger partial charge < -0.3 is 10.6 Å². The molecule has 17 heavy (non-hydrogen) atoms. The molecule has 2 N–H and O–H groups in total. The van der Waals surface area contributed by atoms with E-state index in [1.165, 1.54) is 17.7 Å². The Morgan fingerprint density at radius 1 is 1.59 bits per heavy atom. The van der Waals surface area contributed by atoms with Crippen LogP contribution in [0.4, 0.5) is 0 Å². The maximum absolute atomic E-state index is 4.54. The third-order valence-corrected chi connectivity index (χ3v) is 3.17. The van der Waals surface area contributed by atoms with E-state index in [4.69, 9.17) is 0 Å². The minimum Gasteiger partial charge on any atom is -0.354 e. The van der Waals surface area contributed by atoms with Gasteiger partial charge in [0.25, 0.3) is 0 Å². The molecule has 0 aromatic carbocycles. The van der Waals surface area contributed by atoms with Gasteiger partial charge in [0.2, 0.25) is 0 Å². The predicted octanol–water partition coefficient (Wildman–Crippen LogP) is 2.75. The molecule has 94 valence electrons. The number of nitrogens with zero attached hydrogens (tertiary/aromatic N) is 1. The van der Waals surface area contributed by atoms with Crippen molar-refractivity contribution in [2.45, 2.75) is 25.4 Å². The maximum Gasteiger partial charge on any atom is 0.192 e. The molecule has 0 bridgehead atoms. The standard InChI is InChI=1S/C12H17N3S.HI/c1-2-7-13-12(15-10-5-6-10)14-9-11-4-3-8-16-11;/h2-4,8,10H,1,5-7,9H2,(H2,13,14,15);1H. The number of guanidine groups is 1. The van der Waals surface area contributed by atoms with Crippen molar-refractivity contribution >= 4 is 41.3 Å². The first-order valence-electron chi connectivity index (χ1n) is 5.56. The third-order valence-electron chi connectivity index (χ3n) is 2.31. The van der Waals surface area contributed by atoms with Crippen LogP contribution in [0.2, 0.25) is 0 Å². The van der Waals surface area contributed by atoms with E-state index in [1.54, 1.807) is 11.3 Å². The summed E-state index contributed by atoms with van der Waals surface area (Å²) in [5.74, 6) is 0.899. The zero-order valence-corrected chi connectivity index (χ0v) is 12.8. The van der Waals surface area contributed by atoms with Crippen LogP contribution < -0.4 is 10.6 Å². The summed E-state index contributed by atoms with van der Waals surface area (Å²) in [6.45, 7) is 5.19. The topological polar surface area (TPSA) is 36.4 Å². The highest BCUT2D eigenvalue weighted by Gasteiger charge is 2.21. The van der Waals surface area contributed by atoms with E-state index in [-0.39, 0.29) is 24.0 Å². The molecule has 1 aliphatic carbocycles. The first kappa shape index (κ1) is 14.5. The van der Waals surface area contributed by atoms with Crippen LogP contribution >= 0.6 is 35.3 Å². The van der Waals surface area contributed by atoms with Crippen LogP contribution in [0.25, 0.3) is 0 Å². The molecular weight excluding hydrogens is 345 g/mol. The van der Waals surface area contributed by atoms with Gasteiger partial charge in [0.05, 0.1) is 6.54 Å². The Morgan fingerprint density at radius 2 is 2.41 bits per heavy atom. The van der Waals surface area contributed by atoms with Crippen LogP contribution in [0.5, 0.6) is 0 Å². The van der Waals surface area contributed by atoms with Crippen molar-refractivity contribution in [1.82, 2.24) is 10.6 Å². The lowest BCUT2D eigenvalue weighted by molar-refractivity contribution is 0.829. The van der Waals surface area contributed by atoms with Crippen LogP contribution in [0.3, 0.4) is 0 Å². The molecule has 0 atom stereocenters. The first-order chi connectivity index (χ1) is 7.88. The van der Waals surface area contributed by atoms with Gasteiger partial charge in [-0.25, -0.2) is 4.99 Å². The molecular formula is C12H18IN3S. The summed E-state index contributed by atoms with van der Waals surface area (Å²) < 4.78 is 0. The Morgan fingerprint density at radius 3 is 3.00 bits per heavy atom. The molecule has 0 unspecified atom stereocenters. The second kappa shape index (κ2) is 7.71. The molecule has 0 saturated heterocycles. The van der Waals surface area contributed by atoms with Crippen molar-refractivity contribution in [2.24, 2.45) is 4.99 Å². The zero-order valence-electron chi connectivity index (χ0n) is 9.69. The van der Waals surface area contributed by atoms with Crippen molar-refractivity contribution < 1.29 is 0 Å². The monoisotopic (exact) mass is 363 g/mol. The van der Waals surface area contributed by atoms with E-state index >= 15 is 0 Å². The summed E-state index contributed by atoms with van der Waals surface area (Å²) in [7, 11) is 0. The van der Waals surface area contributed by atoms with Gasteiger partial charge in [0.1, 0.15) is 0 Å². The van der Waals surface area contributed by atoms with Gasteiger partial charge in [-0.3, -0.25) is 0 Å². The summed E-state index contributed by atoms with van der Waals surface area (Å²) >= 11 is 1.74. The molecule has 5 heteroatoms. The highest BCUT2D eigenvalue weighted by molar-refractivity contribution is 14.0. The Labute approximate surface area is 123 Å². The molecule has 1 heterocycles. The maximum atomic E-state index is 4.54. The second-order valence-electron chi connectivity index (χ2n) is 3.83. The number of hydrogen-bond acceptors (Lipinski definition) is 2. The molecule has 2 rings (SSSR count). The number of thiophene rings is 1. The molecule has 0 aliphatic heterocycles. The van der Waals surface area contributed by atoms with Crippen LogP contribution in [0.1, 0.15) is 17.7 Å². The summed E-state index contributed by atoms with van der Waals surface area (Å²) in [4.78, 5) is 5.83. The lowest BCUT2D eigenvalue weighted by Crippen LogP contribution is -2.38. The van der Waals surface area contributed by atoms with Gasteiger partial charge in [0, 0.05) is 17.5 Å². The van der Waals surface area contributed by atoms with Crippen LogP contribution in [0.15, 0.2) is 35.2 Å². The smallest absolute Gasteiger partial charge is 0.192 e. The van der Waals surface area contributed by atoms with E-state index in [0.717, 1.165) is 19.0 Å². The van der Waals surface area contributed by atoms with Gasteiger partial charge in [-0.2, -0.15) is 0 Å². The third kappa shape index (κ3) is 5.54. The van der Waals surface area contributed by atoms with Crippen molar-refractivity contribution in [3.8, 4) is 0 Å². The molecule has 3 nitrogen and oxygen atoms in total. The summed E-state index contributed by atoms with van der Waals surface area (Å²) in [5, 5.41) is 8.69. The lowest BCUT2D eigenvalue weighted by Gasteiger charge is -2.09. The minimum atomic E-state index is 0. The average molecular weight is 363 g/mol. The summed E-state index contributed by atoms with van der Waals surface area (Å²) in [5.41, 5.74) is 0. The van der Waals surface area contributed by atoms with Gasteiger partial charge in [-0.05, 0) is 24.3 Å². The van der Waals surface area contributed by atoms with Crippen molar-refractivity contribution in [3.05, 3.63) is 35.0 Å². The summed E-state index contributed by atoms with van der Waals surface area (Å²) in [6.07, 6.45) is 4.36. The van der Waals surface area contributed by atoms with E-state index in [0.29, 0.717) is 6.04 Å². The molecule has 0 radical (unpaired) electrons. The largest absolute Gasteiger partial charge is 0.354 e. The lowest BCUT2D eigenvalue weighted by atomic mass is 10.5. The minimum absolute atomic E-state index is 0. The summed E-state index contributed by atoms with van der Waals surface area (Å²) in [6, 6.07) is 4.79. The van der Waals surface area contributed by atoms with E-state index in [9.17, 15) is 0 Å². The SMILES string of the molecule is C=CCNC(=NCc1cccs1)NC1CC1.I. The van der Waals surface area contributed by atoms with Crippen molar-refractivity contribution in [1.29, 1.82) is 0 Å². The molecule has 0 spiro atoms. The first-order valence-corrected chi connectivity index (χ1v) is 6.44. The fraction of sp³-hybridized carbons (Fsp3) is 0.417. The second-order valence-corrected chi connectivity index (χ2v) is 4.86. The number of nitrogens with one attached hydrogen (secondary N) is 2. The molecule has 1 fully saturated rings. The van der Waals surface area contributed by atoms with Crippen LogP contribution in [0, 0.1) is 0 Å². The van der Waals surface area contributed by atoms with Gasteiger partial charge in [-0.1, -0.05) is 12.1 Å². The molecule has 1 aliphatic rings. The van der Waals surface area contributed by atoms with Gasteiger partial charge in [-0.15, -0.1) is 41.9 Å². The normalized spacial score (nSPS) is 14.9. The Hall–Kier alpha value is -0.560. The van der Waals surface area contributed by atoms with Gasteiger partial charge >= 0.3 is 0 Å². The Balaban J connectivity index is 0.00000144. The number of aliphatic imine (C=N–C) groups is 1. The fourth-order valence-corrected chi connectivity index (χ4v) is 1.93. The van der Waals surface area contributed by atoms with Crippen molar-refractivity contribution in [3.63, 3.8) is 0 Å². The van der Waals surface area contributed by atoms with Crippen LogP contribution in [-0.4, -0.2) is 18.5 Å². The molecule has 0 amide bonds. The Kier molecular flexibility index (Phi) is 6.57. The highest BCUT2D eigenvalue weighted by Crippen LogP contribution is 2.18. The van der Waals surface area contributed by atoms with Crippen molar-refractivity contribution in [2.75, 3.05) is 6.54 Å². The highest BCUT2D eigenvalue weighted by atomic mass is 127. The van der Waals surface area contributed by atoms with E-state index in [2.05, 4.69) is 39.7 Å². The predicted molar refractivity (Wildman–Crippen MR) is 85.2 cm³/mol. The molecule has 1 aromatic rings. The average Bonchev–Trinajstić information content (AvgIpc) is 2.95. The van der Waals surface area contributed by atoms with Gasteiger partial charge in [0.15, 0.2) is 5.96 Å². The number of rotatable bonds is 5. The number of halogens is 1. The number of hydrogen-bond donors (Lipinski definition) is 2. The quantitative estimate of drug-likeness (QED) is 0.365. The Bertz CT molecular complexity index is 358. The van der Waals surface area contributed by atoms with E-state index in [1.807, 2.05) is 6.08 Å².